The summed E-state index contributed by atoms with van der Waals surface area (Å²) in [5, 5.41) is 13.9. The molecule has 2 atom stereocenters. The number of carbonyl (C=O) groups is 2. The highest BCUT2D eigenvalue weighted by Crippen LogP contribution is 2.34. The largest absolute Gasteiger partial charge is 0.481 e. The van der Waals surface area contributed by atoms with Crippen LogP contribution in [0, 0.1) is 18.7 Å². The molecule has 0 saturated carbocycles. The van der Waals surface area contributed by atoms with Crippen LogP contribution in [0.5, 0.6) is 0 Å². The van der Waals surface area contributed by atoms with Gasteiger partial charge >= 0.3 is 5.97 Å². The van der Waals surface area contributed by atoms with E-state index in [0.717, 1.165) is 0 Å². The van der Waals surface area contributed by atoms with Crippen LogP contribution in [0.3, 0.4) is 0 Å². The summed E-state index contributed by atoms with van der Waals surface area (Å²) in [6.45, 7) is 1.94. The Balaban J connectivity index is 1.90. The zero-order valence-corrected chi connectivity index (χ0v) is 14.5. The predicted molar refractivity (Wildman–Crippen MR) is 89.1 cm³/mol. The van der Waals surface area contributed by atoms with Gasteiger partial charge in [-0.05, 0) is 24.6 Å². The Labute approximate surface area is 148 Å². The van der Waals surface area contributed by atoms with Crippen molar-refractivity contribution in [1.82, 2.24) is 14.7 Å². The molecule has 1 N–H and O–H groups in total. The molecule has 8 heteroatoms. The first-order chi connectivity index (χ1) is 11.8. The molecular weight excluding hydrogens is 349 g/mol. The Kier molecular flexibility index (Phi) is 4.51. The highest BCUT2D eigenvalue weighted by Gasteiger charge is 2.41. The Hall–Kier alpha value is -2.41. The van der Waals surface area contributed by atoms with Crippen molar-refractivity contribution in [1.29, 1.82) is 0 Å². The first-order valence-electron chi connectivity index (χ1n) is 7.76. The van der Waals surface area contributed by atoms with Crippen molar-refractivity contribution in [3.05, 3.63) is 52.1 Å². The van der Waals surface area contributed by atoms with E-state index in [1.54, 1.807) is 20.0 Å². The first kappa shape index (κ1) is 17.4. The van der Waals surface area contributed by atoms with Gasteiger partial charge in [0.25, 0.3) is 5.91 Å². The third kappa shape index (κ3) is 3.11. The summed E-state index contributed by atoms with van der Waals surface area (Å²) in [5.74, 6) is -3.17. The van der Waals surface area contributed by atoms with Gasteiger partial charge in [-0.15, -0.1) is 0 Å². The van der Waals surface area contributed by atoms with Crippen molar-refractivity contribution in [2.45, 2.75) is 12.8 Å². The molecule has 1 aromatic carbocycles. The second kappa shape index (κ2) is 6.48. The van der Waals surface area contributed by atoms with E-state index in [1.165, 1.54) is 27.8 Å². The van der Waals surface area contributed by atoms with Gasteiger partial charge in [0, 0.05) is 26.1 Å². The normalized spacial score (nSPS) is 20.1. The van der Waals surface area contributed by atoms with Crippen LogP contribution in [0.1, 0.15) is 27.7 Å². The lowest BCUT2D eigenvalue weighted by Crippen LogP contribution is -2.30. The zero-order chi connectivity index (χ0) is 18.3. The lowest BCUT2D eigenvalue weighted by molar-refractivity contribution is -0.141. The average Bonchev–Trinajstić information content (AvgIpc) is 3.12. The highest BCUT2D eigenvalue weighted by atomic mass is 35.5. The monoisotopic (exact) mass is 365 g/mol. The van der Waals surface area contributed by atoms with E-state index in [9.17, 15) is 19.1 Å². The number of carboxylic acids is 1. The van der Waals surface area contributed by atoms with Crippen LogP contribution in [0.15, 0.2) is 24.3 Å². The molecule has 3 rings (SSSR count). The molecule has 1 aromatic heterocycles. The summed E-state index contributed by atoms with van der Waals surface area (Å²) >= 11 is 6.16. The number of halogens is 2. The minimum absolute atomic E-state index is 0.0291. The number of rotatable bonds is 3. The summed E-state index contributed by atoms with van der Waals surface area (Å²) in [6.07, 6.45) is 0. The van der Waals surface area contributed by atoms with Gasteiger partial charge in [-0.1, -0.05) is 23.7 Å². The number of benzene rings is 1. The predicted octanol–water partition coefficient (Wildman–Crippen LogP) is 2.46. The minimum Gasteiger partial charge on any atom is -0.481 e. The molecule has 1 aliphatic heterocycles. The third-order valence-electron chi connectivity index (χ3n) is 4.66. The molecule has 0 spiro atoms. The Morgan fingerprint density at radius 2 is 2.08 bits per heavy atom. The number of aryl methyl sites for hydroxylation is 1. The molecule has 25 heavy (non-hydrogen) atoms. The summed E-state index contributed by atoms with van der Waals surface area (Å²) in [6, 6.07) is 5.82. The van der Waals surface area contributed by atoms with Crippen molar-refractivity contribution in [3.8, 4) is 0 Å². The molecule has 6 nitrogen and oxygen atoms in total. The van der Waals surface area contributed by atoms with E-state index >= 15 is 0 Å². The molecule has 0 bridgehead atoms. The molecule has 0 aliphatic carbocycles. The summed E-state index contributed by atoms with van der Waals surface area (Å²) in [4.78, 5) is 25.8. The van der Waals surface area contributed by atoms with E-state index in [2.05, 4.69) is 5.10 Å². The topological polar surface area (TPSA) is 75.4 Å². The van der Waals surface area contributed by atoms with E-state index < -0.39 is 29.5 Å². The Morgan fingerprint density at radius 1 is 1.36 bits per heavy atom. The van der Waals surface area contributed by atoms with Gasteiger partial charge in [-0.3, -0.25) is 14.3 Å². The van der Waals surface area contributed by atoms with Gasteiger partial charge in [0.05, 0.1) is 16.6 Å². The Morgan fingerprint density at radius 3 is 2.64 bits per heavy atom. The number of hydrogen-bond acceptors (Lipinski definition) is 3. The van der Waals surface area contributed by atoms with Crippen LogP contribution in [-0.4, -0.2) is 44.8 Å². The Bertz CT molecular complexity index is 852. The standard InChI is InChI=1S/C17H17ClFN3O3/c1-9-14(18)15(20-21(9)2)16(23)22-7-12(13(8-22)17(24)25)10-4-3-5-11(19)6-10/h3-6,12-13H,7-8H2,1-2H3,(H,24,25)/t12-,13+/m0/s1. The molecule has 2 aromatic rings. The SMILES string of the molecule is Cc1c(Cl)c(C(=O)N2C[C@@H](C(=O)O)[C@H](c3cccc(F)c3)C2)nn1C. The van der Waals surface area contributed by atoms with Crippen LogP contribution in [-0.2, 0) is 11.8 Å². The number of aliphatic carboxylic acids is 1. The molecule has 2 heterocycles. The van der Waals surface area contributed by atoms with Gasteiger partial charge in [-0.2, -0.15) is 5.10 Å². The lowest BCUT2D eigenvalue weighted by atomic mass is 9.89. The maximum absolute atomic E-state index is 13.5. The number of aromatic nitrogens is 2. The van der Waals surface area contributed by atoms with Gasteiger partial charge in [0.1, 0.15) is 5.82 Å². The van der Waals surface area contributed by atoms with Gasteiger partial charge in [-0.25, -0.2) is 4.39 Å². The van der Waals surface area contributed by atoms with Crippen molar-refractivity contribution in [2.75, 3.05) is 13.1 Å². The second-order valence-corrected chi connectivity index (χ2v) is 6.57. The quantitative estimate of drug-likeness (QED) is 0.906. The fourth-order valence-corrected chi connectivity index (χ4v) is 3.40. The number of amides is 1. The maximum atomic E-state index is 13.5. The van der Waals surface area contributed by atoms with Crippen LogP contribution in [0.2, 0.25) is 5.02 Å². The van der Waals surface area contributed by atoms with Crippen LogP contribution in [0.4, 0.5) is 4.39 Å². The minimum atomic E-state index is -1.02. The van der Waals surface area contributed by atoms with Crippen molar-refractivity contribution in [2.24, 2.45) is 13.0 Å². The fourth-order valence-electron chi connectivity index (χ4n) is 3.16. The van der Waals surface area contributed by atoms with Gasteiger partial charge in [0.2, 0.25) is 0 Å². The number of carbonyl (C=O) groups excluding carboxylic acids is 1. The summed E-state index contributed by atoms with van der Waals surface area (Å²) < 4.78 is 15.0. The number of hydrogen-bond donors (Lipinski definition) is 1. The fraction of sp³-hybridized carbons (Fsp3) is 0.353. The number of likely N-dealkylation sites (tertiary alicyclic amines) is 1. The molecular formula is C17H17ClFN3O3. The molecule has 1 fully saturated rings. The smallest absolute Gasteiger partial charge is 0.308 e. The highest BCUT2D eigenvalue weighted by molar-refractivity contribution is 6.34. The molecule has 0 radical (unpaired) electrons. The first-order valence-corrected chi connectivity index (χ1v) is 8.14. The second-order valence-electron chi connectivity index (χ2n) is 6.19. The van der Waals surface area contributed by atoms with Crippen molar-refractivity contribution >= 4 is 23.5 Å². The van der Waals surface area contributed by atoms with Crippen molar-refractivity contribution < 1.29 is 19.1 Å². The maximum Gasteiger partial charge on any atom is 0.308 e. The zero-order valence-electron chi connectivity index (χ0n) is 13.7. The van der Waals surface area contributed by atoms with E-state index in [0.29, 0.717) is 11.3 Å². The molecule has 1 amide bonds. The molecule has 0 unspecified atom stereocenters. The average molecular weight is 366 g/mol. The molecule has 1 saturated heterocycles. The number of carboxylic acid groups (broad SMARTS) is 1. The summed E-state index contributed by atoms with van der Waals surface area (Å²) in [7, 11) is 1.68. The van der Waals surface area contributed by atoms with Crippen molar-refractivity contribution in [3.63, 3.8) is 0 Å². The summed E-state index contributed by atoms with van der Waals surface area (Å²) in [5.41, 5.74) is 1.32. The van der Waals surface area contributed by atoms with Crippen LogP contribution >= 0.6 is 11.6 Å². The van der Waals surface area contributed by atoms with Gasteiger partial charge < -0.3 is 10.0 Å². The van der Waals surface area contributed by atoms with E-state index in [4.69, 9.17) is 11.6 Å². The van der Waals surface area contributed by atoms with Gasteiger partial charge in [0.15, 0.2) is 5.69 Å². The van der Waals surface area contributed by atoms with Crippen LogP contribution < -0.4 is 0 Å². The lowest BCUT2D eigenvalue weighted by Gasteiger charge is -2.15. The molecule has 132 valence electrons. The van der Waals surface area contributed by atoms with E-state index in [1.807, 2.05) is 0 Å². The number of nitrogens with zero attached hydrogens (tertiary/aromatic N) is 3. The molecule has 1 aliphatic rings. The van der Waals surface area contributed by atoms with E-state index in [-0.39, 0.29) is 23.8 Å². The van der Waals surface area contributed by atoms with Crippen LogP contribution in [0.25, 0.3) is 0 Å². The third-order valence-corrected chi connectivity index (χ3v) is 5.12.